The zero-order valence-corrected chi connectivity index (χ0v) is 19.4. The van der Waals surface area contributed by atoms with Crippen molar-refractivity contribution in [2.75, 3.05) is 5.75 Å². The molecule has 0 spiro atoms. The van der Waals surface area contributed by atoms with Crippen LogP contribution in [0.2, 0.25) is 0 Å². The maximum atomic E-state index is 12.6. The van der Waals surface area contributed by atoms with Crippen LogP contribution in [0, 0.1) is 0 Å². The Labute approximate surface area is 201 Å². The lowest BCUT2D eigenvalue weighted by atomic mass is 10.1. The highest BCUT2D eigenvalue weighted by Crippen LogP contribution is 2.04. The highest BCUT2D eigenvalue weighted by molar-refractivity contribution is 7.80. The average Bonchev–Trinajstić information content (AvgIpc) is 2.77. The normalized spacial score (nSPS) is 15.2. The Bertz CT molecular complexity index is 868. The first-order valence-electron chi connectivity index (χ1n) is 10.4. The Hall–Kier alpha value is -3.16. The topological polar surface area (TPSA) is 208 Å². The fourth-order valence-electron chi connectivity index (χ4n) is 2.88. The van der Waals surface area contributed by atoms with Gasteiger partial charge < -0.3 is 37.0 Å². The molecule has 0 saturated heterocycles. The second-order valence-corrected chi connectivity index (χ2v) is 7.96. The van der Waals surface area contributed by atoms with Crippen LogP contribution < -0.4 is 21.7 Å². The minimum atomic E-state index is -1.57. The lowest BCUT2D eigenvalue weighted by molar-refractivity contribution is -0.144. The molecule has 1 aromatic rings. The lowest BCUT2D eigenvalue weighted by Gasteiger charge is -2.26. The molecule has 0 radical (unpaired) electrons. The zero-order valence-electron chi connectivity index (χ0n) is 18.5. The van der Waals surface area contributed by atoms with Crippen LogP contribution in [0.25, 0.3) is 0 Å². The number of hydrogen-bond acceptors (Lipinski definition) is 8. The van der Waals surface area contributed by atoms with Crippen LogP contribution in [0.3, 0.4) is 0 Å². The quantitative estimate of drug-likeness (QED) is 0.137. The number of nitrogens with two attached hydrogens (primary N) is 1. The summed E-state index contributed by atoms with van der Waals surface area (Å²) in [6.45, 7) is 1.20. The SMILES string of the molecule is CC(O)C(NC(=O)C(CS)NC(=O)C(N)Cc1ccccc1)C(=O)NC(CCC(=O)O)C(=O)O. The first-order valence-corrected chi connectivity index (χ1v) is 11.0. The van der Waals surface area contributed by atoms with E-state index in [1.807, 2.05) is 6.07 Å². The van der Waals surface area contributed by atoms with Crippen molar-refractivity contribution in [3.05, 3.63) is 35.9 Å². The van der Waals surface area contributed by atoms with Crippen molar-refractivity contribution in [3.63, 3.8) is 0 Å². The van der Waals surface area contributed by atoms with Gasteiger partial charge in [0.2, 0.25) is 17.7 Å². The van der Waals surface area contributed by atoms with Crippen molar-refractivity contribution in [2.45, 2.75) is 56.5 Å². The van der Waals surface area contributed by atoms with E-state index in [9.17, 15) is 34.2 Å². The summed E-state index contributed by atoms with van der Waals surface area (Å²) in [5.41, 5.74) is 6.73. The van der Waals surface area contributed by atoms with Gasteiger partial charge in [0.05, 0.1) is 12.1 Å². The Balaban J connectivity index is 2.79. The van der Waals surface area contributed by atoms with Crippen LogP contribution in [-0.4, -0.2) is 81.0 Å². The number of carbonyl (C=O) groups excluding carboxylic acids is 3. The molecule has 34 heavy (non-hydrogen) atoms. The summed E-state index contributed by atoms with van der Waals surface area (Å²) < 4.78 is 0. The van der Waals surface area contributed by atoms with Crippen molar-refractivity contribution in [3.8, 4) is 0 Å². The van der Waals surface area contributed by atoms with E-state index in [2.05, 4.69) is 28.6 Å². The molecule has 1 rings (SSSR count). The number of benzene rings is 1. The number of nitrogens with one attached hydrogen (secondary N) is 3. The van der Waals surface area contributed by atoms with Crippen LogP contribution in [0.5, 0.6) is 0 Å². The number of amides is 3. The molecule has 0 bridgehead atoms. The molecule has 188 valence electrons. The number of aliphatic carboxylic acids is 2. The van der Waals surface area contributed by atoms with Gasteiger partial charge in [-0.1, -0.05) is 30.3 Å². The van der Waals surface area contributed by atoms with E-state index < -0.39 is 72.8 Å². The minimum absolute atomic E-state index is 0.153. The van der Waals surface area contributed by atoms with Gasteiger partial charge in [0.1, 0.15) is 18.1 Å². The van der Waals surface area contributed by atoms with Gasteiger partial charge in [-0.3, -0.25) is 19.2 Å². The van der Waals surface area contributed by atoms with Crippen molar-refractivity contribution in [2.24, 2.45) is 5.73 Å². The molecule has 12 nitrogen and oxygen atoms in total. The van der Waals surface area contributed by atoms with Gasteiger partial charge in [0.25, 0.3) is 0 Å². The van der Waals surface area contributed by atoms with Gasteiger partial charge in [-0.2, -0.15) is 12.6 Å². The first kappa shape index (κ1) is 28.9. The predicted molar refractivity (Wildman–Crippen MR) is 124 cm³/mol. The molecule has 0 aliphatic heterocycles. The molecule has 0 aliphatic rings. The third kappa shape index (κ3) is 9.77. The van der Waals surface area contributed by atoms with Gasteiger partial charge in [0.15, 0.2) is 0 Å². The van der Waals surface area contributed by atoms with Gasteiger partial charge in [-0.15, -0.1) is 0 Å². The Morgan fingerprint density at radius 1 is 0.941 bits per heavy atom. The van der Waals surface area contributed by atoms with Gasteiger partial charge >= 0.3 is 11.9 Å². The fourth-order valence-corrected chi connectivity index (χ4v) is 3.14. The standard InChI is InChI=1S/C21H30N4O8S/c1-11(26)17(20(31)23-14(21(32)33)7-8-16(27)28)25-19(30)15(10-34)24-18(29)13(22)9-12-5-3-2-4-6-12/h2-6,11,13-15,17,26,34H,7-10,22H2,1H3,(H,23,31)(H,24,29)(H,25,30)(H,27,28)(H,32,33). The Morgan fingerprint density at radius 3 is 2.03 bits per heavy atom. The molecule has 0 saturated carbocycles. The van der Waals surface area contributed by atoms with E-state index in [0.29, 0.717) is 0 Å². The lowest BCUT2D eigenvalue weighted by Crippen LogP contribution is -2.60. The molecule has 8 N–H and O–H groups in total. The molecule has 0 heterocycles. The highest BCUT2D eigenvalue weighted by Gasteiger charge is 2.32. The molecule has 13 heteroatoms. The number of aliphatic hydroxyl groups is 1. The van der Waals surface area contributed by atoms with Crippen molar-refractivity contribution < 1.29 is 39.3 Å². The van der Waals surface area contributed by atoms with Crippen molar-refractivity contribution in [1.29, 1.82) is 0 Å². The number of carbonyl (C=O) groups is 5. The summed E-state index contributed by atoms with van der Waals surface area (Å²) in [5, 5.41) is 34.7. The van der Waals surface area contributed by atoms with Gasteiger partial charge in [-0.25, -0.2) is 4.79 Å². The molecular formula is C21H30N4O8S. The number of hydrogen-bond donors (Lipinski definition) is 8. The smallest absolute Gasteiger partial charge is 0.326 e. The molecule has 3 amide bonds. The third-order valence-electron chi connectivity index (χ3n) is 4.77. The number of carboxylic acids is 2. The van der Waals surface area contributed by atoms with Crippen LogP contribution in [0.15, 0.2) is 30.3 Å². The Morgan fingerprint density at radius 2 is 1.53 bits per heavy atom. The number of rotatable bonds is 14. The van der Waals surface area contributed by atoms with E-state index in [1.54, 1.807) is 24.3 Å². The fraction of sp³-hybridized carbons (Fsp3) is 0.476. The number of thiol groups is 1. The maximum absolute atomic E-state index is 12.6. The average molecular weight is 499 g/mol. The summed E-state index contributed by atoms with van der Waals surface area (Å²) in [6, 6.07) is 3.72. The van der Waals surface area contributed by atoms with Crippen molar-refractivity contribution >= 4 is 42.3 Å². The molecule has 5 unspecified atom stereocenters. The summed E-state index contributed by atoms with van der Waals surface area (Å²) in [7, 11) is 0. The molecule has 0 aromatic heterocycles. The summed E-state index contributed by atoms with van der Waals surface area (Å²) in [4.78, 5) is 59.6. The summed E-state index contributed by atoms with van der Waals surface area (Å²) >= 11 is 4.04. The largest absolute Gasteiger partial charge is 0.481 e. The number of aliphatic hydroxyl groups excluding tert-OH is 1. The van der Waals surface area contributed by atoms with E-state index in [-0.39, 0.29) is 12.2 Å². The highest BCUT2D eigenvalue weighted by atomic mass is 32.1. The zero-order chi connectivity index (χ0) is 25.8. The van der Waals surface area contributed by atoms with E-state index in [0.717, 1.165) is 5.56 Å². The summed E-state index contributed by atoms with van der Waals surface area (Å²) in [6.07, 6.45) is -2.13. The van der Waals surface area contributed by atoms with Gasteiger partial charge in [-0.05, 0) is 25.3 Å². The van der Waals surface area contributed by atoms with Crippen LogP contribution >= 0.6 is 12.6 Å². The number of carboxylic acid groups (broad SMARTS) is 2. The predicted octanol–water partition coefficient (Wildman–Crippen LogP) is -1.73. The Kier molecular flexibility index (Phi) is 12.0. The molecule has 5 atom stereocenters. The monoisotopic (exact) mass is 498 g/mol. The molecule has 0 fully saturated rings. The minimum Gasteiger partial charge on any atom is -0.481 e. The molecule has 1 aromatic carbocycles. The molecular weight excluding hydrogens is 468 g/mol. The van der Waals surface area contributed by atoms with E-state index in [4.69, 9.17) is 10.8 Å². The van der Waals surface area contributed by atoms with Crippen LogP contribution in [0.1, 0.15) is 25.3 Å². The van der Waals surface area contributed by atoms with Gasteiger partial charge in [0, 0.05) is 12.2 Å². The maximum Gasteiger partial charge on any atom is 0.326 e. The van der Waals surface area contributed by atoms with Crippen molar-refractivity contribution in [1.82, 2.24) is 16.0 Å². The van der Waals surface area contributed by atoms with E-state index >= 15 is 0 Å². The molecule has 0 aliphatic carbocycles. The van der Waals surface area contributed by atoms with E-state index in [1.165, 1.54) is 6.92 Å². The second-order valence-electron chi connectivity index (χ2n) is 7.60. The summed E-state index contributed by atoms with van der Waals surface area (Å²) in [5.74, 6) is -5.40. The third-order valence-corrected chi connectivity index (χ3v) is 5.14. The van der Waals surface area contributed by atoms with Crippen LogP contribution in [0.4, 0.5) is 0 Å². The first-order chi connectivity index (χ1) is 16.0. The van der Waals surface area contributed by atoms with Crippen LogP contribution in [-0.2, 0) is 30.4 Å². The second kappa shape index (κ2) is 14.2.